The van der Waals surface area contributed by atoms with Crippen LogP contribution in [0.5, 0.6) is 11.5 Å². The van der Waals surface area contributed by atoms with Crippen molar-refractivity contribution < 1.29 is 9.47 Å². The first-order valence-corrected chi connectivity index (χ1v) is 6.89. The van der Waals surface area contributed by atoms with Gasteiger partial charge in [-0.25, -0.2) is 0 Å². The first-order chi connectivity index (χ1) is 8.31. The van der Waals surface area contributed by atoms with Crippen molar-refractivity contribution in [1.29, 1.82) is 0 Å². The molecule has 4 heteroatoms. The predicted octanol–water partition coefficient (Wildman–Crippen LogP) is 3.11. The molecular formula is C13H18BrNO2. The Morgan fingerprint density at radius 3 is 2.65 bits per heavy atom. The van der Waals surface area contributed by atoms with E-state index >= 15 is 0 Å². The first-order valence-electron chi connectivity index (χ1n) is 6.10. The summed E-state index contributed by atoms with van der Waals surface area (Å²) in [4.78, 5) is 0. The molecule has 0 aromatic heterocycles. The fourth-order valence-corrected chi connectivity index (χ4v) is 2.22. The van der Waals surface area contributed by atoms with E-state index in [1.807, 2.05) is 6.07 Å². The van der Waals surface area contributed by atoms with Gasteiger partial charge in [-0.05, 0) is 30.7 Å². The van der Waals surface area contributed by atoms with Crippen molar-refractivity contribution in [3.63, 3.8) is 0 Å². The average molecular weight is 300 g/mol. The summed E-state index contributed by atoms with van der Waals surface area (Å²) < 4.78 is 12.4. The molecule has 0 amide bonds. The highest BCUT2D eigenvalue weighted by Crippen LogP contribution is 2.35. The SMILES string of the molecule is CCCNCc1cc2c(cc1Br)OCCCO2. The third-order valence-electron chi connectivity index (χ3n) is 2.66. The van der Waals surface area contributed by atoms with E-state index in [1.54, 1.807) is 0 Å². The van der Waals surface area contributed by atoms with Crippen LogP contribution in [0.1, 0.15) is 25.3 Å². The predicted molar refractivity (Wildman–Crippen MR) is 71.7 cm³/mol. The summed E-state index contributed by atoms with van der Waals surface area (Å²) in [6, 6.07) is 4.07. The largest absolute Gasteiger partial charge is 0.490 e. The zero-order valence-electron chi connectivity index (χ0n) is 10.1. The van der Waals surface area contributed by atoms with Gasteiger partial charge in [0, 0.05) is 17.4 Å². The Morgan fingerprint density at radius 1 is 1.24 bits per heavy atom. The Labute approximate surface area is 111 Å². The number of nitrogens with one attached hydrogen (secondary N) is 1. The van der Waals surface area contributed by atoms with Crippen molar-refractivity contribution in [3.8, 4) is 11.5 Å². The highest BCUT2D eigenvalue weighted by Gasteiger charge is 2.13. The Morgan fingerprint density at radius 2 is 1.94 bits per heavy atom. The summed E-state index contributed by atoms with van der Waals surface area (Å²) in [5.41, 5.74) is 1.21. The van der Waals surface area contributed by atoms with Gasteiger partial charge < -0.3 is 14.8 Å². The summed E-state index contributed by atoms with van der Waals surface area (Å²) in [6.45, 7) is 5.51. The van der Waals surface area contributed by atoms with Crippen LogP contribution in [-0.2, 0) is 6.54 Å². The summed E-state index contributed by atoms with van der Waals surface area (Å²) in [6.07, 6.45) is 2.08. The second kappa shape index (κ2) is 6.26. The van der Waals surface area contributed by atoms with Crippen molar-refractivity contribution in [2.75, 3.05) is 19.8 Å². The molecule has 1 aromatic carbocycles. The Kier molecular flexibility index (Phi) is 4.68. The topological polar surface area (TPSA) is 30.5 Å². The Hall–Kier alpha value is -0.740. The molecule has 0 unspecified atom stereocenters. The van der Waals surface area contributed by atoms with E-state index in [-0.39, 0.29) is 0 Å². The molecule has 1 N–H and O–H groups in total. The molecule has 94 valence electrons. The molecule has 0 bridgehead atoms. The number of hydrogen-bond acceptors (Lipinski definition) is 3. The standard InChI is InChI=1S/C13H18BrNO2/c1-2-4-15-9-10-7-12-13(8-11(10)14)17-6-3-5-16-12/h7-8,15H,2-6,9H2,1H3. The zero-order valence-corrected chi connectivity index (χ0v) is 11.7. The highest BCUT2D eigenvalue weighted by molar-refractivity contribution is 9.10. The Bertz CT molecular complexity index is 382. The molecule has 17 heavy (non-hydrogen) atoms. The number of benzene rings is 1. The maximum atomic E-state index is 5.68. The number of fused-ring (bicyclic) bond motifs is 1. The molecule has 3 nitrogen and oxygen atoms in total. The summed E-state index contributed by atoms with van der Waals surface area (Å²) in [5, 5.41) is 3.39. The molecular weight excluding hydrogens is 282 g/mol. The molecule has 1 aromatic rings. The second-order valence-corrected chi connectivity index (χ2v) is 4.97. The van der Waals surface area contributed by atoms with Crippen molar-refractivity contribution in [1.82, 2.24) is 5.32 Å². The van der Waals surface area contributed by atoms with Crippen LogP contribution in [0.15, 0.2) is 16.6 Å². The lowest BCUT2D eigenvalue weighted by atomic mass is 10.2. The minimum Gasteiger partial charge on any atom is -0.490 e. The fourth-order valence-electron chi connectivity index (χ4n) is 1.76. The van der Waals surface area contributed by atoms with Crippen LogP contribution in [0, 0.1) is 0 Å². The maximum Gasteiger partial charge on any atom is 0.162 e. The van der Waals surface area contributed by atoms with Crippen molar-refractivity contribution >= 4 is 15.9 Å². The smallest absolute Gasteiger partial charge is 0.162 e. The third kappa shape index (κ3) is 3.36. The van der Waals surface area contributed by atoms with Crippen LogP contribution >= 0.6 is 15.9 Å². The summed E-state index contributed by atoms with van der Waals surface area (Å²) in [7, 11) is 0. The molecule has 0 atom stereocenters. The van der Waals surface area contributed by atoms with Crippen LogP contribution in [-0.4, -0.2) is 19.8 Å². The van der Waals surface area contributed by atoms with E-state index in [4.69, 9.17) is 9.47 Å². The van der Waals surface area contributed by atoms with E-state index in [0.717, 1.165) is 55.1 Å². The minimum absolute atomic E-state index is 0.729. The maximum absolute atomic E-state index is 5.68. The van der Waals surface area contributed by atoms with Gasteiger partial charge in [-0.2, -0.15) is 0 Å². The molecule has 0 saturated heterocycles. The van der Waals surface area contributed by atoms with Crippen molar-refractivity contribution in [2.45, 2.75) is 26.3 Å². The van der Waals surface area contributed by atoms with Crippen molar-refractivity contribution in [3.05, 3.63) is 22.2 Å². The van der Waals surface area contributed by atoms with Crippen molar-refractivity contribution in [2.24, 2.45) is 0 Å². The molecule has 1 aliphatic rings. The number of ether oxygens (including phenoxy) is 2. The highest BCUT2D eigenvalue weighted by atomic mass is 79.9. The lowest BCUT2D eigenvalue weighted by Crippen LogP contribution is -2.14. The lowest BCUT2D eigenvalue weighted by Gasteiger charge is -2.12. The summed E-state index contributed by atoms with van der Waals surface area (Å²) >= 11 is 3.58. The van der Waals surface area contributed by atoms with Gasteiger partial charge in [0.05, 0.1) is 13.2 Å². The van der Waals surface area contributed by atoms with Gasteiger partial charge in [0.25, 0.3) is 0 Å². The molecule has 0 spiro atoms. The molecule has 2 rings (SSSR count). The molecule has 0 aliphatic carbocycles. The third-order valence-corrected chi connectivity index (χ3v) is 3.40. The van der Waals surface area contributed by atoms with Crippen LogP contribution in [0.4, 0.5) is 0 Å². The van der Waals surface area contributed by atoms with Crippen LogP contribution in [0.3, 0.4) is 0 Å². The lowest BCUT2D eigenvalue weighted by molar-refractivity contribution is 0.297. The number of rotatable bonds is 4. The second-order valence-electron chi connectivity index (χ2n) is 4.12. The monoisotopic (exact) mass is 299 g/mol. The number of halogens is 1. The van der Waals surface area contributed by atoms with Gasteiger partial charge in [0.15, 0.2) is 11.5 Å². The van der Waals surface area contributed by atoms with Gasteiger partial charge >= 0.3 is 0 Å². The van der Waals surface area contributed by atoms with Gasteiger partial charge in [-0.3, -0.25) is 0 Å². The van der Waals surface area contributed by atoms with E-state index in [0.29, 0.717) is 0 Å². The average Bonchev–Trinajstić information content (AvgIpc) is 2.54. The molecule has 0 fully saturated rings. The van der Waals surface area contributed by atoms with E-state index in [2.05, 4.69) is 34.2 Å². The first kappa shape index (κ1) is 12.7. The van der Waals surface area contributed by atoms with Crippen LogP contribution in [0.2, 0.25) is 0 Å². The van der Waals surface area contributed by atoms with Gasteiger partial charge in [0.2, 0.25) is 0 Å². The van der Waals surface area contributed by atoms with E-state index in [9.17, 15) is 0 Å². The molecule has 1 aliphatic heterocycles. The summed E-state index contributed by atoms with van der Waals surface area (Å²) in [5.74, 6) is 1.70. The molecule has 0 radical (unpaired) electrons. The fraction of sp³-hybridized carbons (Fsp3) is 0.538. The molecule has 0 saturated carbocycles. The van der Waals surface area contributed by atoms with Gasteiger partial charge in [-0.15, -0.1) is 0 Å². The van der Waals surface area contributed by atoms with Gasteiger partial charge in [0.1, 0.15) is 0 Å². The minimum atomic E-state index is 0.729. The normalized spacial score (nSPS) is 14.5. The quantitative estimate of drug-likeness (QED) is 0.867. The molecule has 1 heterocycles. The number of hydrogen-bond donors (Lipinski definition) is 1. The Balaban J connectivity index is 2.14. The van der Waals surface area contributed by atoms with Crippen LogP contribution in [0.25, 0.3) is 0 Å². The van der Waals surface area contributed by atoms with Crippen LogP contribution < -0.4 is 14.8 Å². The van der Waals surface area contributed by atoms with E-state index < -0.39 is 0 Å². The van der Waals surface area contributed by atoms with E-state index in [1.165, 1.54) is 5.56 Å². The zero-order chi connectivity index (χ0) is 12.1. The van der Waals surface area contributed by atoms with Gasteiger partial charge in [-0.1, -0.05) is 22.9 Å².